The lowest BCUT2D eigenvalue weighted by Crippen LogP contribution is -2.05. The van der Waals surface area contributed by atoms with E-state index < -0.39 is 0 Å². The SMILES string of the molecule is Cc1nnc(Sc2ccccc2[C@@H](C)N)o1. The molecule has 0 aliphatic heterocycles. The summed E-state index contributed by atoms with van der Waals surface area (Å²) in [6.07, 6.45) is 0. The predicted molar refractivity (Wildman–Crippen MR) is 62.2 cm³/mol. The maximum Gasteiger partial charge on any atom is 0.281 e. The first-order chi connectivity index (χ1) is 7.66. The monoisotopic (exact) mass is 235 g/mol. The van der Waals surface area contributed by atoms with Crippen molar-refractivity contribution >= 4 is 11.8 Å². The van der Waals surface area contributed by atoms with Gasteiger partial charge < -0.3 is 10.2 Å². The molecule has 0 saturated carbocycles. The Morgan fingerprint density at radius 3 is 2.69 bits per heavy atom. The van der Waals surface area contributed by atoms with Crippen LogP contribution in [0.2, 0.25) is 0 Å². The normalized spacial score (nSPS) is 12.7. The summed E-state index contributed by atoms with van der Waals surface area (Å²) in [6, 6.07) is 7.95. The average molecular weight is 235 g/mol. The van der Waals surface area contributed by atoms with E-state index in [-0.39, 0.29) is 6.04 Å². The molecule has 0 aliphatic carbocycles. The summed E-state index contributed by atoms with van der Waals surface area (Å²) in [6.45, 7) is 3.73. The summed E-state index contributed by atoms with van der Waals surface area (Å²) in [5.41, 5.74) is 6.98. The number of rotatable bonds is 3. The van der Waals surface area contributed by atoms with Crippen molar-refractivity contribution in [2.24, 2.45) is 5.73 Å². The lowest BCUT2D eigenvalue weighted by molar-refractivity contribution is 0.429. The summed E-state index contributed by atoms with van der Waals surface area (Å²) in [5.74, 6) is 0.570. The second-order valence-electron chi connectivity index (χ2n) is 3.52. The first-order valence-corrected chi connectivity index (χ1v) is 5.81. The molecule has 0 amide bonds. The minimum absolute atomic E-state index is 0.00674. The second kappa shape index (κ2) is 4.67. The van der Waals surface area contributed by atoms with Crippen LogP contribution in [0.25, 0.3) is 0 Å². The zero-order valence-electron chi connectivity index (χ0n) is 9.18. The van der Waals surface area contributed by atoms with Crippen molar-refractivity contribution in [3.05, 3.63) is 35.7 Å². The summed E-state index contributed by atoms with van der Waals surface area (Å²) in [5, 5.41) is 8.28. The lowest BCUT2D eigenvalue weighted by Gasteiger charge is -2.09. The van der Waals surface area contributed by atoms with E-state index in [1.165, 1.54) is 11.8 Å². The highest BCUT2D eigenvalue weighted by molar-refractivity contribution is 7.99. The van der Waals surface area contributed by atoms with Crippen LogP contribution in [0.1, 0.15) is 24.4 Å². The molecule has 1 heterocycles. The predicted octanol–water partition coefficient (Wildman–Crippen LogP) is 2.55. The van der Waals surface area contributed by atoms with Crippen LogP contribution in [0.4, 0.5) is 0 Å². The number of hydrogen-bond donors (Lipinski definition) is 1. The van der Waals surface area contributed by atoms with Gasteiger partial charge in [0.25, 0.3) is 5.22 Å². The molecule has 84 valence electrons. The summed E-state index contributed by atoms with van der Waals surface area (Å²) in [4.78, 5) is 1.06. The quantitative estimate of drug-likeness (QED) is 0.885. The van der Waals surface area contributed by atoms with Gasteiger partial charge >= 0.3 is 0 Å². The maximum atomic E-state index is 5.89. The van der Waals surface area contributed by atoms with Gasteiger partial charge in [0.2, 0.25) is 5.89 Å². The second-order valence-corrected chi connectivity index (χ2v) is 4.51. The Labute approximate surface area is 98.2 Å². The fourth-order valence-electron chi connectivity index (χ4n) is 1.36. The molecule has 1 aromatic carbocycles. The molecule has 2 rings (SSSR count). The molecule has 4 nitrogen and oxygen atoms in total. The number of nitrogens with two attached hydrogens (primary N) is 1. The van der Waals surface area contributed by atoms with Gasteiger partial charge in [0.15, 0.2) is 0 Å². The molecule has 2 aromatic rings. The van der Waals surface area contributed by atoms with Gasteiger partial charge in [-0.05, 0) is 30.3 Å². The Bertz CT molecular complexity index is 482. The van der Waals surface area contributed by atoms with Crippen LogP contribution in [-0.4, -0.2) is 10.2 Å². The van der Waals surface area contributed by atoms with E-state index in [4.69, 9.17) is 10.2 Å². The molecular weight excluding hydrogens is 222 g/mol. The van der Waals surface area contributed by atoms with E-state index in [9.17, 15) is 0 Å². The fourth-order valence-corrected chi connectivity index (χ4v) is 2.31. The van der Waals surface area contributed by atoms with Crippen LogP contribution in [0.5, 0.6) is 0 Å². The Kier molecular flexibility index (Phi) is 3.26. The third-order valence-electron chi connectivity index (χ3n) is 2.11. The molecule has 2 N–H and O–H groups in total. The van der Waals surface area contributed by atoms with Crippen molar-refractivity contribution in [3.63, 3.8) is 0 Å². The molecule has 1 aromatic heterocycles. The zero-order chi connectivity index (χ0) is 11.5. The third-order valence-corrected chi connectivity index (χ3v) is 3.05. The van der Waals surface area contributed by atoms with Gasteiger partial charge in [-0.2, -0.15) is 0 Å². The highest BCUT2D eigenvalue weighted by Crippen LogP contribution is 2.31. The van der Waals surface area contributed by atoms with Gasteiger partial charge in [-0.25, -0.2) is 0 Å². The summed E-state index contributed by atoms with van der Waals surface area (Å²) >= 11 is 1.44. The highest BCUT2D eigenvalue weighted by atomic mass is 32.2. The number of benzene rings is 1. The van der Waals surface area contributed by atoms with Gasteiger partial charge in [-0.3, -0.25) is 0 Å². The Morgan fingerprint density at radius 1 is 1.31 bits per heavy atom. The van der Waals surface area contributed by atoms with Crippen LogP contribution in [0, 0.1) is 6.92 Å². The number of nitrogens with zero attached hydrogens (tertiary/aromatic N) is 2. The van der Waals surface area contributed by atoms with Crippen molar-refractivity contribution in [2.45, 2.75) is 30.0 Å². The van der Waals surface area contributed by atoms with Gasteiger partial charge in [0.05, 0.1) is 0 Å². The van der Waals surface area contributed by atoms with Crippen molar-refractivity contribution in [3.8, 4) is 0 Å². The molecule has 0 aliphatic rings. The van der Waals surface area contributed by atoms with Crippen molar-refractivity contribution < 1.29 is 4.42 Å². The molecule has 1 atom stereocenters. The molecule has 0 spiro atoms. The van der Waals surface area contributed by atoms with E-state index in [1.807, 2.05) is 31.2 Å². The molecule has 0 bridgehead atoms. The van der Waals surface area contributed by atoms with Gasteiger partial charge in [0.1, 0.15) is 0 Å². The van der Waals surface area contributed by atoms with Gasteiger partial charge in [-0.15, -0.1) is 10.2 Å². The van der Waals surface area contributed by atoms with Crippen molar-refractivity contribution in [2.75, 3.05) is 0 Å². The molecular formula is C11H13N3OS. The van der Waals surface area contributed by atoms with E-state index in [1.54, 1.807) is 6.92 Å². The summed E-state index contributed by atoms with van der Waals surface area (Å²) in [7, 11) is 0. The fraction of sp³-hybridized carbons (Fsp3) is 0.273. The standard InChI is InChI=1S/C11H13N3OS/c1-7(12)9-5-3-4-6-10(9)16-11-14-13-8(2)15-11/h3-7H,12H2,1-2H3/t7-/m1/s1. The maximum absolute atomic E-state index is 5.89. The van der Waals surface area contributed by atoms with Crippen molar-refractivity contribution in [1.29, 1.82) is 0 Å². The van der Waals surface area contributed by atoms with Crippen LogP contribution in [0.3, 0.4) is 0 Å². The van der Waals surface area contributed by atoms with Crippen LogP contribution in [-0.2, 0) is 0 Å². The first kappa shape index (κ1) is 11.2. The van der Waals surface area contributed by atoms with Gasteiger partial charge in [-0.1, -0.05) is 18.2 Å². The Morgan fingerprint density at radius 2 is 2.06 bits per heavy atom. The molecule has 0 saturated heterocycles. The molecule has 5 heteroatoms. The molecule has 0 radical (unpaired) electrons. The van der Waals surface area contributed by atoms with Crippen molar-refractivity contribution in [1.82, 2.24) is 10.2 Å². The van der Waals surface area contributed by atoms with Gasteiger partial charge in [0, 0.05) is 17.9 Å². The van der Waals surface area contributed by atoms with Crippen LogP contribution in [0.15, 0.2) is 38.8 Å². The Balaban J connectivity index is 2.27. The minimum atomic E-state index is -0.00674. The lowest BCUT2D eigenvalue weighted by atomic mass is 10.1. The number of hydrogen-bond acceptors (Lipinski definition) is 5. The van der Waals surface area contributed by atoms with Crippen LogP contribution < -0.4 is 5.73 Å². The average Bonchev–Trinajstić information content (AvgIpc) is 2.64. The smallest absolute Gasteiger partial charge is 0.281 e. The minimum Gasteiger partial charge on any atom is -0.416 e. The van der Waals surface area contributed by atoms with E-state index in [2.05, 4.69) is 10.2 Å². The largest absolute Gasteiger partial charge is 0.416 e. The highest BCUT2D eigenvalue weighted by Gasteiger charge is 2.10. The zero-order valence-corrected chi connectivity index (χ0v) is 9.99. The summed E-state index contributed by atoms with van der Waals surface area (Å²) < 4.78 is 5.32. The third kappa shape index (κ3) is 2.43. The van der Waals surface area contributed by atoms with Crippen LogP contribution >= 0.6 is 11.8 Å². The number of aryl methyl sites for hydroxylation is 1. The molecule has 0 fully saturated rings. The van der Waals surface area contributed by atoms with E-state index >= 15 is 0 Å². The first-order valence-electron chi connectivity index (χ1n) is 4.99. The van der Waals surface area contributed by atoms with E-state index in [0.29, 0.717) is 11.1 Å². The topological polar surface area (TPSA) is 64.9 Å². The number of aromatic nitrogens is 2. The van der Waals surface area contributed by atoms with E-state index in [0.717, 1.165) is 10.5 Å². The Hall–Kier alpha value is -1.33. The molecule has 16 heavy (non-hydrogen) atoms. The molecule has 0 unspecified atom stereocenters.